The SMILES string of the molecule is Nc1c(C(=O)N2CCS(=O)CC2)cccc1[N+](=O)[O-]. The first-order valence-corrected chi connectivity index (χ1v) is 7.16. The molecule has 102 valence electrons. The molecule has 1 aliphatic rings. The first-order chi connectivity index (χ1) is 9.00. The second-order valence-electron chi connectivity index (χ2n) is 4.14. The monoisotopic (exact) mass is 283 g/mol. The van der Waals surface area contributed by atoms with E-state index in [9.17, 15) is 19.1 Å². The molecule has 0 atom stereocenters. The molecule has 0 bridgehead atoms. The van der Waals surface area contributed by atoms with Crippen molar-refractivity contribution >= 4 is 28.1 Å². The van der Waals surface area contributed by atoms with Gasteiger partial charge >= 0.3 is 0 Å². The lowest BCUT2D eigenvalue weighted by atomic mass is 10.1. The van der Waals surface area contributed by atoms with E-state index in [0.29, 0.717) is 24.6 Å². The van der Waals surface area contributed by atoms with Crippen molar-refractivity contribution in [2.45, 2.75) is 0 Å². The third kappa shape index (κ3) is 2.73. The normalized spacial score (nSPS) is 16.3. The lowest BCUT2D eigenvalue weighted by molar-refractivity contribution is -0.383. The van der Waals surface area contributed by atoms with Gasteiger partial charge in [0.2, 0.25) is 0 Å². The van der Waals surface area contributed by atoms with E-state index in [2.05, 4.69) is 0 Å². The maximum absolute atomic E-state index is 12.2. The average Bonchev–Trinajstić information content (AvgIpc) is 2.38. The number of hydrogen-bond donors (Lipinski definition) is 1. The van der Waals surface area contributed by atoms with Crippen molar-refractivity contribution in [2.24, 2.45) is 0 Å². The summed E-state index contributed by atoms with van der Waals surface area (Å²) in [5.74, 6) is 0.513. The van der Waals surface area contributed by atoms with E-state index in [4.69, 9.17) is 5.73 Å². The van der Waals surface area contributed by atoms with Crippen molar-refractivity contribution in [1.29, 1.82) is 0 Å². The summed E-state index contributed by atoms with van der Waals surface area (Å²) in [4.78, 5) is 23.9. The van der Waals surface area contributed by atoms with Crippen molar-refractivity contribution in [2.75, 3.05) is 30.3 Å². The molecule has 1 saturated heterocycles. The summed E-state index contributed by atoms with van der Waals surface area (Å²) in [7, 11) is -0.884. The molecule has 2 N–H and O–H groups in total. The molecule has 0 saturated carbocycles. The summed E-state index contributed by atoms with van der Waals surface area (Å²) in [6.07, 6.45) is 0. The highest BCUT2D eigenvalue weighted by atomic mass is 32.2. The van der Waals surface area contributed by atoms with E-state index in [1.54, 1.807) is 0 Å². The van der Waals surface area contributed by atoms with E-state index in [1.165, 1.54) is 23.1 Å². The molecule has 0 aliphatic carbocycles. The fraction of sp³-hybridized carbons (Fsp3) is 0.364. The van der Waals surface area contributed by atoms with Crippen LogP contribution in [0, 0.1) is 10.1 Å². The number of benzene rings is 1. The van der Waals surface area contributed by atoms with Crippen LogP contribution in [0.15, 0.2) is 18.2 Å². The Labute approximate surface area is 112 Å². The van der Waals surface area contributed by atoms with Gasteiger partial charge < -0.3 is 10.6 Å². The van der Waals surface area contributed by atoms with Gasteiger partial charge in [-0.05, 0) is 6.07 Å². The van der Waals surface area contributed by atoms with Crippen LogP contribution in [0.1, 0.15) is 10.4 Å². The lowest BCUT2D eigenvalue weighted by Crippen LogP contribution is -2.42. The minimum atomic E-state index is -0.884. The number of nitro groups is 1. The van der Waals surface area contributed by atoms with Crippen LogP contribution in [0.5, 0.6) is 0 Å². The summed E-state index contributed by atoms with van der Waals surface area (Å²) in [5.41, 5.74) is 5.40. The van der Waals surface area contributed by atoms with Crippen molar-refractivity contribution in [3.05, 3.63) is 33.9 Å². The van der Waals surface area contributed by atoms with Gasteiger partial charge in [0.05, 0.1) is 10.5 Å². The number of carbonyl (C=O) groups excluding carboxylic acids is 1. The Kier molecular flexibility index (Phi) is 3.79. The van der Waals surface area contributed by atoms with Crippen LogP contribution in [-0.2, 0) is 10.8 Å². The number of nitrogens with zero attached hydrogens (tertiary/aromatic N) is 2. The molecule has 0 unspecified atom stereocenters. The maximum atomic E-state index is 12.2. The van der Waals surface area contributed by atoms with Crippen molar-refractivity contribution in [3.8, 4) is 0 Å². The predicted octanol–water partition coefficient (Wildman–Crippen LogP) is 0.381. The summed E-state index contributed by atoms with van der Waals surface area (Å²) in [6, 6.07) is 4.16. The van der Waals surface area contributed by atoms with Gasteiger partial charge in [-0.25, -0.2) is 0 Å². The van der Waals surface area contributed by atoms with Crippen LogP contribution in [0.25, 0.3) is 0 Å². The number of carbonyl (C=O) groups is 1. The van der Waals surface area contributed by atoms with Crippen LogP contribution < -0.4 is 5.73 Å². The number of hydrogen-bond acceptors (Lipinski definition) is 5. The second-order valence-corrected chi connectivity index (χ2v) is 5.83. The molecule has 1 heterocycles. The average molecular weight is 283 g/mol. The summed E-state index contributed by atoms with van der Waals surface area (Å²) >= 11 is 0. The molecular weight excluding hydrogens is 270 g/mol. The smallest absolute Gasteiger partial charge is 0.292 e. The minimum Gasteiger partial charge on any atom is -0.393 e. The fourth-order valence-corrected chi connectivity index (χ4v) is 2.96. The first-order valence-electron chi connectivity index (χ1n) is 5.68. The molecule has 8 heteroatoms. The van der Waals surface area contributed by atoms with Crippen LogP contribution in [0.3, 0.4) is 0 Å². The Morgan fingerprint density at radius 1 is 1.37 bits per heavy atom. The first kappa shape index (κ1) is 13.5. The van der Waals surface area contributed by atoms with Crippen molar-refractivity contribution in [1.82, 2.24) is 4.90 Å². The van der Waals surface area contributed by atoms with E-state index in [0.717, 1.165) is 0 Å². The number of nitro benzene ring substituents is 1. The zero-order valence-electron chi connectivity index (χ0n) is 10.1. The molecule has 1 aromatic carbocycles. The zero-order chi connectivity index (χ0) is 14.0. The number of para-hydroxylation sites is 1. The molecule has 2 rings (SSSR count). The maximum Gasteiger partial charge on any atom is 0.292 e. The highest BCUT2D eigenvalue weighted by Gasteiger charge is 2.25. The Bertz CT molecular complexity index is 551. The van der Waals surface area contributed by atoms with Gasteiger partial charge in [0.1, 0.15) is 5.69 Å². The van der Waals surface area contributed by atoms with Crippen LogP contribution in [0.2, 0.25) is 0 Å². The van der Waals surface area contributed by atoms with Gasteiger partial charge in [0.25, 0.3) is 11.6 Å². The molecule has 0 aromatic heterocycles. The quantitative estimate of drug-likeness (QED) is 0.480. The van der Waals surface area contributed by atoms with E-state index in [1.807, 2.05) is 0 Å². The standard InChI is InChI=1S/C11H13N3O4S/c12-10-8(2-1-3-9(10)14(16)17)11(15)13-4-6-19(18)7-5-13/h1-3H,4-7,12H2. The summed E-state index contributed by atoms with van der Waals surface area (Å²) < 4.78 is 11.2. The number of nitrogens with two attached hydrogens (primary N) is 1. The largest absolute Gasteiger partial charge is 0.393 e. The van der Waals surface area contributed by atoms with Gasteiger partial charge in [-0.2, -0.15) is 0 Å². The molecule has 1 aromatic rings. The van der Waals surface area contributed by atoms with E-state index < -0.39 is 15.7 Å². The van der Waals surface area contributed by atoms with Crippen LogP contribution in [0.4, 0.5) is 11.4 Å². The molecule has 7 nitrogen and oxygen atoms in total. The van der Waals surface area contributed by atoms with Crippen molar-refractivity contribution in [3.63, 3.8) is 0 Å². The topological polar surface area (TPSA) is 107 Å². The predicted molar refractivity (Wildman–Crippen MR) is 71.3 cm³/mol. The minimum absolute atomic E-state index is 0.121. The molecule has 1 fully saturated rings. The number of nitrogen functional groups attached to an aromatic ring is 1. The molecule has 1 aliphatic heterocycles. The van der Waals surface area contributed by atoms with Crippen LogP contribution in [-0.4, -0.2) is 44.5 Å². The molecule has 1 amide bonds. The second kappa shape index (κ2) is 5.35. The molecule has 0 spiro atoms. The van der Waals surface area contributed by atoms with Gasteiger partial charge in [0.15, 0.2) is 0 Å². The number of anilines is 1. The van der Waals surface area contributed by atoms with Gasteiger partial charge in [0, 0.05) is 41.5 Å². The van der Waals surface area contributed by atoms with E-state index in [-0.39, 0.29) is 22.8 Å². The lowest BCUT2D eigenvalue weighted by Gasteiger charge is -2.26. The molecular formula is C11H13N3O4S. The van der Waals surface area contributed by atoms with Gasteiger partial charge in [-0.3, -0.25) is 19.1 Å². The Balaban J connectivity index is 2.27. The third-order valence-corrected chi connectivity index (χ3v) is 4.25. The third-order valence-electron chi connectivity index (χ3n) is 2.98. The Morgan fingerprint density at radius 2 is 2.00 bits per heavy atom. The fourth-order valence-electron chi connectivity index (χ4n) is 1.91. The number of amides is 1. The van der Waals surface area contributed by atoms with Gasteiger partial charge in [-0.15, -0.1) is 0 Å². The van der Waals surface area contributed by atoms with E-state index >= 15 is 0 Å². The van der Waals surface area contributed by atoms with Gasteiger partial charge in [-0.1, -0.05) is 6.07 Å². The molecule has 0 radical (unpaired) electrons. The zero-order valence-corrected chi connectivity index (χ0v) is 10.9. The van der Waals surface area contributed by atoms with Crippen molar-refractivity contribution < 1.29 is 13.9 Å². The number of rotatable bonds is 2. The Morgan fingerprint density at radius 3 is 2.58 bits per heavy atom. The van der Waals surface area contributed by atoms with Crippen LogP contribution >= 0.6 is 0 Å². The Hall–Kier alpha value is -1.96. The summed E-state index contributed by atoms with van der Waals surface area (Å²) in [5, 5.41) is 10.8. The molecule has 19 heavy (non-hydrogen) atoms. The highest BCUT2D eigenvalue weighted by molar-refractivity contribution is 7.85. The highest BCUT2D eigenvalue weighted by Crippen LogP contribution is 2.26. The summed E-state index contributed by atoms with van der Waals surface area (Å²) in [6.45, 7) is 0.765.